The molecule has 0 saturated heterocycles. The molecule has 0 aliphatic heterocycles. The molecule has 0 aromatic rings. The van der Waals surface area contributed by atoms with E-state index in [-0.39, 0.29) is 0 Å². The van der Waals surface area contributed by atoms with Crippen LogP contribution in [0, 0.1) is 0 Å². The van der Waals surface area contributed by atoms with Crippen molar-refractivity contribution in [3.05, 3.63) is 12.2 Å². The van der Waals surface area contributed by atoms with Gasteiger partial charge in [-0.15, -0.1) is 0 Å². The predicted molar refractivity (Wildman–Crippen MR) is 36.3 cm³/mol. The van der Waals surface area contributed by atoms with Gasteiger partial charge in [-0.05, 0) is 0 Å². The van der Waals surface area contributed by atoms with E-state index in [4.69, 9.17) is 0 Å². The lowest BCUT2D eigenvalue weighted by Gasteiger charge is -1.70. The summed E-state index contributed by atoms with van der Waals surface area (Å²) in [7, 11) is 2.12. The lowest BCUT2D eigenvalue weighted by atomic mass is 10.1. The first kappa shape index (κ1) is 6.28. The summed E-state index contributed by atoms with van der Waals surface area (Å²) < 4.78 is 0. The van der Waals surface area contributed by atoms with Crippen LogP contribution in [-0.2, 0) is 0 Å². The monoisotopic (exact) mass is 146 g/mol. The average molecular weight is 147 g/mol. The molecule has 0 rings (SSSR count). The third-order valence-electron chi connectivity index (χ3n) is 0.491. The van der Waals surface area contributed by atoms with Crippen molar-refractivity contribution >= 4 is 23.8 Å². The van der Waals surface area contributed by atoms with Crippen molar-refractivity contribution in [2.24, 2.45) is 0 Å². The molecule has 0 radical (unpaired) electrons. The van der Waals surface area contributed by atoms with Gasteiger partial charge in [0.1, 0.15) is 7.85 Å². The Morgan fingerprint density at radius 3 is 2.33 bits per heavy atom. The fraction of sp³-hybridized carbons (Fsp3) is 0.500. The van der Waals surface area contributed by atoms with E-state index >= 15 is 0 Å². The van der Waals surface area contributed by atoms with Crippen LogP contribution in [0.2, 0.25) is 6.32 Å². The van der Waals surface area contributed by atoms with Crippen LogP contribution >= 0.6 is 15.9 Å². The SMILES string of the molecule is BC/C=C\CBr. The minimum Gasteiger partial charge on any atom is -0.0956 e. The summed E-state index contributed by atoms with van der Waals surface area (Å²) in [4.78, 5) is 0. The van der Waals surface area contributed by atoms with E-state index in [0.717, 1.165) is 11.7 Å². The van der Waals surface area contributed by atoms with Gasteiger partial charge >= 0.3 is 0 Å². The maximum absolute atomic E-state index is 3.26. The molecule has 0 amide bonds. The fourth-order valence-corrected chi connectivity index (χ4v) is 0.494. The van der Waals surface area contributed by atoms with Crippen molar-refractivity contribution in [3.63, 3.8) is 0 Å². The van der Waals surface area contributed by atoms with Gasteiger partial charge in [-0.25, -0.2) is 0 Å². The highest BCUT2D eigenvalue weighted by Gasteiger charge is 1.62. The molecule has 6 heavy (non-hydrogen) atoms. The fourth-order valence-electron chi connectivity index (χ4n) is 0.230. The summed E-state index contributed by atoms with van der Waals surface area (Å²) in [6, 6.07) is 0. The highest BCUT2D eigenvalue weighted by atomic mass is 79.9. The Morgan fingerprint density at radius 2 is 2.17 bits per heavy atom. The van der Waals surface area contributed by atoms with Gasteiger partial charge in [-0.3, -0.25) is 0 Å². The number of hydrogen-bond donors (Lipinski definition) is 0. The van der Waals surface area contributed by atoms with Crippen LogP contribution in [0.1, 0.15) is 0 Å². The van der Waals surface area contributed by atoms with Crippen LogP contribution in [-0.4, -0.2) is 13.2 Å². The summed E-state index contributed by atoms with van der Waals surface area (Å²) in [5, 5.41) is 0.987. The molecule has 0 nitrogen and oxygen atoms in total. The molecule has 2 heteroatoms. The van der Waals surface area contributed by atoms with Gasteiger partial charge in [0, 0.05) is 5.33 Å². The highest BCUT2D eigenvalue weighted by Crippen LogP contribution is 1.82. The van der Waals surface area contributed by atoms with E-state index in [1.807, 2.05) is 0 Å². The molecule has 0 unspecified atom stereocenters. The third-order valence-corrected chi connectivity index (χ3v) is 0.865. The molecule has 0 saturated carbocycles. The second kappa shape index (κ2) is 5.28. The molecular weight excluding hydrogens is 139 g/mol. The Hall–Kier alpha value is 0.285. The smallest absolute Gasteiger partial charge is 0.0956 e. The van der Waals surface area contributed by atoms with Gasteiger partial charge in [-0.1, -0.05) is 34.4 Å². The van der Waals surface area contributed by atoms with Gasteiger partial charge < -0.3 is 0 Å². The zero-order valence-electron chi connectivity index (χ0n) is 3.95. The normalized spacial score (nSPS) is 10.2. The van der Waals surface area contributed by atoms with Crippen molar-refractivity contribution in [2.45, 2.75) is 6.32 Å². The summed E-state index contributed by atoms with van der Waals surface area (Å²) in [5.41, 5.74) is 0. The van der Waals surface area contributed by atoms with Crippen molar-refractivity contribution in [3.8, 4) is 0 Å². The first-order chi connectivity index (χ1) is 2.91. The van der Waals surface area contributed by atoms with Crippen LogP contribution in [0.25, 0.3) is 0 Å². The molecule has 34 valence electrons. The van der Waals surface area contributed by atoms with Gasteiger partial charge in [-0.2, -0.15) is 0 Å². The molecule has 0 heterocycles. The Bertz CT molecular complexity index is 36.8. The van der Waals surface area contributed by atoms with Crippen LogP contribution < -0.4 is 0 Å². The Balaban J connectivity index is 2.73. The molecule has 0 aromatic carbocycles. The first-order valence-electron chi connectivity index (χ1n) is 2.12. The zero-order valence-corrected chi connectivity index (χ0v) is 5.53. The summed E-state index contributed by atoms with van der Waals surface area (Å²) in [5.74, 6) is 0. The summed E-state index contributed by atoms with van der Waals surface area (Å²) in [6.45, 7) is 0. The topological polar surface area (TPSA) is 0 Å². The number of halogens is 1. The van der Waals surface area contributed by atoms with E-state index in [0.29, 0.717) is 0 Å². The molecule has 0 aliphatic rings. The minimum atomic E-state index is 0.987. The molecule has 0 aromatic heterocycles. The van der Waals surface area contributed by atoms with Crippen LogP contribution in [0.4, 0.5) is 0 Å². The van der Waals surface area contributed by atoms with E-state index in [9.17, 15) is 0 Å². The number of rotatable bonds is 2. The molecule has 0 N–H and O–H groups in total. The van der Waals surface area contributed by atoms with E-state index in [1.165, 1.54) is 0 Å². The van der Waals surface area contributed by atoms with Crippen molar-refractivity contribution in [1.29, 1.82) is 0 Å². The number of allylic oxidation sites excluding steroid dienone is 2. The molecular formula is C4H8BBr. The maximum atomic E-state index is 3.26. The van der Waals surface area contributed by atoms with Crippen LogP contribution in [0.3, 0.4) is 0 Å². The highest BCUT2D eigenvalue weighted by molar-refractivity contribution is 9.09. The Kier molecular flexibility index (Phi) is 5.54. The van der Waals surface area contributed by atoms with Crippen LogP contribution in [0.5, 0.6) is 0 Å². The molecule has 0 bridgehead atoms. The van der Waals surface area contributed by atoms with Gasteiger partial charge in [0.05, 0.1) is 0 Å². The average Bonchev–Trinajstić information content (AvgIpc) is 1.61. The van der Waals surface area contributed by atoms with Gasteiger partial charge in [0.2, 0.25) is 0 Å². The standard InChI is InChI=1S/C4H8BBr/c5-3-1-2-4-6/h1-2H,3-5H2/b2-1-. The predicted octanol–water partition coefficient (Wildman–Crippen LogP) is 0.989. The number of hydrogen-bond acceptors (Lipinski definition) is 0. The minimum absolute atomic E-state index is 0.987. The summed E-state index contributed by atoms with van der Waals surface area (Å²) >= 11 is 3.26. The lowest BCUT2D eigenvalue weighted by molar-refractivity contribution is 1.65. The second-order valence-electron chi connectivity index (χ2n) is 1.03. The van der Waals surface area contributed by atoms with E-state index in [2.05, 4.69) is 35.9 Å². The second-order valence-corrected chi connectivity index (χ2v) is 1.68. The van der Waals surface area contributed by atoms with Crippen molar-refractivity contribution < 1.29 is 0 Å². The number of alkyl halides is 1. The molecule has 0 aliphatic carbocycles. The van der Waals surface area contributed by atoms with Gasteiger partial charge in [0.25, 0.3) is 0 Å². The van der Waals surface area contributed by atoms with E-state index < -0.39 is 0 Å². The zero-order chi connectivity index (χ0) is 4.83. The summed E-state index contributed by atoms with van der Waals surface area (Å²) in [6.07, 6.45) is 5.38. The lowest BCUT2D eigenvalue weighted by Crippen LogP contribution is -1.58. The Labute approximate surface area is 48.2 Å². The van der Waals surface area contributed by atoms with E-state index in [1.54, 1.807) is 0 Å². The van der Waals surface area contributed by atoms with Crippen molar-refractivity contribution in [2.75, 3.05) is 5.33 Å². The molecule has 0 spiro atoms. The van der Waals surface area contributed by atoms with Gasteiger partial charge in [0.15, 0.2) is 0 Å². The molecule has 0 atom stereocenters. The largest absolute Gasteiger partial charge is 0.106 e. The Morgan fingerprint density at radius 1 is 1.50 bits per heavy atom. The maximum Gasteiger partial charge on any atom is 0.106 e. The quantitative estimate of drug-likeness (QED) is 0.310. The van der Waals surface area contributed by atoms with Crippen molar-refractivity contribution in [1.82, 2.24) is 0 Å². The third kappa shape index (κ3) is 4.28. The first-order valence-corrected chi connectivity index (χ1v) is 3.25. The van der Waals surface area contributed by atoms with Crippen LogP contribution in [0.15, 0.2) is 12.2 Å². The molecule has 0 fully saturated rings.